The first-order chi connectivity index (χ1) is 14.2. The van der Waals surface area contributed by atoms with E-state index < -0.39 is 42.0 Å². The van der Waals surface area contributed by atoms with Gasteiger partial charge in [0.1, 0.15) is 17.8 Å². The van der Waals surface area contributed by atoms with Crippen LogP contribution in [-0.4, -0.2) is 54.0 Å². The van der Waals surface area contributed by atoms with Gasteiger partial charge in [0.05, 0.1) is 7.11 Å². The lowest BCUT2D eigenvalue weighted by atomic mass is 9.95. The highest BCUT2D eigenvalue weighted by atomic mass is 16.5. The molecular weight excluding hydrogens is 390 g/mol. The highest BCUT2D eigenvalue weighted by Crippen LogP contribution is 2.23. The van der Waals surface area contributed by atoms with Crippen molar-refractivity contribution in [3.8, 4) is 5.75 Å². The van der Waals surface area contributed by atoms with E-state index in [0.29, 0.717) is 12.2 Å². The summed E-state index contributed by atoms with van der Waals surface area (Å²) in [5.74, 6) is -1.07. The van der Waals surface area contributed by atoms with Gasteiger partial charge in [-0.05, 0) is 38.0 Å². The fraction of sp³-hybridized carbons (Fsp3) is 0.524. The number of unbranched alkanes of at least 4 members (excludes halogenated alkanes) is 1. The molecule has 0 unspecified atom stereocenters. The predicted molar refractivity (Wildman–Crippen MR) is 109 cm³/mol. The van der Waals surface area contributed by atoms with E-state index in [1.165, 1.54) is 6.92 Å². The first kappa shape index (κ1) is 23.2. The molecule has 0 saturated carbocycles. The van der Waals surface area contributed by atoms with E-state index in [1.807, 2.05) is 19.1 Å². The summed E-state index contributed by atoms with van der Waals surface area (Å²) >= 11 is 0. The lowest BCUT2D eigenvalue weighted by Gasteiger charge is -2.21. The maximum Gasteiger partial charge on any atom is 0.327 e. The molecule has 1 fully saturated rings. The first-order valence-electron chi connectivity index (χ1n) is 9.94. The van der Waals surface area contributed by atoms with Gasteiger partial charge in [-0.3, -0.25) is 19.3 Å². The zero-order chi connectivity index (χ0) is 22.3. The number of rotatable bonds is 10. The standard InChI is InChI=1S/C21H29N3O6/c1-5-6-11-21(3)19(27)24(20(28)23-21)13-17(25)30-14(2)18(26)22-12-15-7-9-16(29-4)10-8-15/h7-10,14H,5-6,11-13H2,1-4H3,(H,22,26)(H,23,28)/t14-,21-/m1/s1. The van der Waals surface area contributed by atoms with Crippen molar-refractivity contribution in [2.75, 3.05) is 13.7 Å². The molecule has 0 radical (unpaired) electrons. The average Bonchev–Trinajstić information content (AvgIpc) is 2.94. The van der Waals surface area contributed by atoms with E-state index in [9.17, 15) is 19.2 Å². The van der Waals surface area contributed by atoms with Crippen LogP contribution in [0.15, 0.2) is 24.3 Å². The highest BCUT2D eigenvalue weighted by molar-refractivity contribution is 6.08. The van der Waals surface area contributed by atoms with Crippen molar-refractivity contribution in [2.24, 2.45) is 0 Å². The number of imide groups is 1. The molecule has 1 aliphatic heterocycles. The van der Waals surface area contributed by atoms with Crippen LogP contribution < -0.4 is 15.4 Å². The number of hydrogen-bond donors (Lipinski definition) is 2. The second-order valence-electron chi connectivity index (χ2n) is 7.46. The molecule has 0 spiro atoms. The molecule has 1 aromatic carbocycles. The monoisotopic (exact) mass is 419 g/mol. The first-order valence-corrected chi connectivity index (χ1v) is 9.94. The van der Waals surface area contributed by atoms with Gasteiger partial charge in [0, 0.05) is 6.54 Å². The second kappa shape index (κ2) is 10.1. The third kappa shape index (κ3) is 5.71. The Morgan fingerprint density at radius 1 is 1.23 bits per heavy atom. The van der Waals surface area contributed by atoms with Crippen LogP contribution >= 0.6 is 0 Å². The van der Waals surface area contributed by atoms with Crippen LogP contribution in [0, 0.1) is 0 Å². The van der Waals surface area contributed by atoms with Gasteiger partial charge in [-0.2, -0.15) is 0 Å². The summed E-state index contributed by atoms with van der Waals surface area (Å²) in [6.45, 7) is 4.78. The Morgan fingerprint density at radius 3 is 2.50 bits per heavy atom. The highest BCUT2D eigenvalue weighted by Gasteiger charge is 2.48. The van der Waals surface area contributed by atoms with Crippen LogP contribution in [0.3, 0.4) is 0 Å². The maximum absolute atomic E-state index is 12.6. The van der Waals surface area contributed by atoms with Gasteiger partial charge in [-0.25, -0.2) is 4.79 Å². The zero-order valence-corrected chi connectivity index (χ0v) is 17.8. The molecule has 4 amide bonds. The number of amides is 4. The summed E-state index contributed by atoms with van der Waals surface area (Å²) in [5, 5.41) is 5.31. The molecule has 0 aliphatic carbocycles. The minimum atomic E-state index is -1.07. The summed E-state index contributed by atoms with van der Waals surface area (Å²) < 4.78 is 10.2. The molecular formula is C21H29N3O6. The number of carbonyl (C=O) groups excluding carboxylic acids is 4. The fourth-order valence-electron chi connectivity index (χ4n) is 3.08. The van der Waals surface area contributed by atoms with E-state index in [2.05, 4.69) is 10.6 Å². The van der Waals surface area contributed by atoms with Crippen molar-refractivity contribution >= 4 is 23.8 Å². The van der Waals surface area contributed by atoms with E-state index >= 15 is 0 Å². The molecule has 1 saturated heterocycles. The van der Waals surface area contributed by atoms with Gasteiger partial charge in [0.2, 0.25) is 0 Å². The van der Waals surface area contributed by atoms with Gasteiger partial charge >= 0.3 is 12.0 Å². The molecule has 164 valence electrons. The summed E-state index contributed by atoms with van der Waals surface area (Å²) in [7, 11) is 1.57. The summed E-state index contributed by atoms with van der Waals surface area (Å²) in [6.07, 6.45) is 1.07. The zero-order valence-electron chi connectivity index (χ0n) is 17.8. The Hall–Kier alpha value is -3.10. The van der Waals surface area contributed by atoms with Crippen molar-refractivity contribution in [3.63, 3.8) is 0 Å². The normalized spacial score (nSPS) is 19.3. The number of methoxy groups -OCH3 is 1. The van der Waals surface area contributed by atoms with Gasteiger partial charge in [-0.1, -0.05) is 31.9 Å². The molecule has 2 N–H and O–H groups in total. The van der Waals surface area contributed by atoms with Crippen LogP contribution in [0.5, 0.6) is 5.75 Å². The Kier molecular flexibility index (Phi) is 7.79. The van der Waals surface area contributed by atoms with Crippen LogP contribution in [0.2, 0.25) is 0 Å². The quantitative estimate of drug-likeness (QED) is 0.441. The number of carbonyl (C=O) groups is 4. The number of nitrogens with one attached hydrogen (secondary N) is 2. The lowest BCUT2D eigenvalue weighted by Crippen LogP contribution is -2.44. The van der Waals surface area contributed by atoms with Crippen molar-refractivity contribution in [3.05, 3.63) is 29.8 Å². The van der Waals surface area contributed by atoms with Crippen molar-refractivity contribution in [2.45, 2.75) is 58.2 Å². The molecule has 9 nitrogen and oxygen atoms in total. The van der Waals surface area contributed by atoms with Gasteiger partial charge < -0.3 is 20.1 Å². The topological polar surface area (TPSA) is 114 Å². The van der Waals surface area contributed by atoms with Gasteiger partial charge in [0.15, 0.2) is 6.10 Å². The smallest absolute Gasteiger partial charge is 0.327 e. The van der Waals surface area contributed by atoms with Crippen LogP contribution in [0.1, 0.15) is 45.6 Å². The van der Waals surface area contributed by atoms with E-state index in [1.54, 1.807) is 26.2 Å². The predicted octanol–water partition coefficient (Wildman–Crippen LogP) is 1.74. The summed E-state index contributed by atoms with van der Waals surface area (Å²) in [4.78, 5) is 49.9. The Balaban J connectivity index is 1.83. The molecule has 9 heteroatoms. The minimum Gasteiger partial charge on any atom is -0.497 e. The van der Waals surface area contributed by atoms with E-state index in [-0.39, 0.29) is 6.54 Å². The average molecular weight is 419 g/mol. The fourth-order valence-corrected chi connectivity index (χ4v) is 3.08. The maximum atomic E-state index is 12.6. The lowest BCUT2D eigenvalue weighted by molar-refractivity contribution is -0.156. The summed E-state index contributed by atoms with van der Waals surface area (Å²) in [6, 6.07) is 6.53. The number of urea groups is 1. The largest absolute Gasteiger partial charge is 0.497 e. The molecule has 0 aromatic heterocycles. The van der Waals surface area contributed by atoms with Gasteiger partial charge in [-0.15, -0.1) is 0 Å². The third-order valence-corrected chi connectivity index (χ3v) is 4.97. The number of ether oxygens (including phenoxy) is 2. The summed E-state index contributed by atoms with van der Waals surface area (Å²) in [5.41, 5.74) is -0.164. The van der Waals surface area contributed by atoms with Crippen molar-refractivity contribution in [1.29, 1.82) is 0 Å². The SMILES string of the molecule is CCCC[C@@]1(C)NC(=O)N(CC(=O)O[C@H](C)C(=O)NCc2ccc(OC)cc2)C1=O. The Morgan fingerprint density at radius 2 is 1.90 bits per heavy atom. The molecule has 1 heterocycles. The van der Waals surface area contributed by atoms with Gasteiger partial charge in [0.25, 0.3) is 11.8 Å². The van der Waals surface area contributed by atoms with E-state index in [4.69, 9.17) is 9.47 Å². The number of benzene rings is 1. The molecule has 2 atom stereocenters. The van der Waals surface area contributed by atoms with Crippen LogP contribution in [-0.2, 0) is 25.7 Å². The Bertz CT molecular complexity index is 794. The molecule has 30 heavy (non-hydrogen) atoms. The van der Waals surface area contributed by atoms with Crippen LogP contribution in [0.4, 0.5) is 4.79 Å². The molecule has 0 bridgehead atoms. The van der Waals surface area contributed by atoms with Crippen LogP contribution in [0.25, 0.3) is 0 Å². The second-order valence-corrected chi connectivity index (χ2v) is 7.46. The molecule has 1 aliphatic rings. The number of hydrogen-bond acceptors (Lipinski definition) is 6. The Labute approximate surface area is 176 Å². The number of esters is 1. The third-order valence-electron chi connectivity index (χ3n) is 4.97. The van der Waals surface area contributed by atoms with Crippen molar-refractivity contribution in [1.82, 2.24) is 15.5 Å². The molecule has 1 aromatic rings. The van der Waals surface area contributed by atoms with E-state index in [0.717, 1.165) is 23.3 Å². The minimum absolute atomic E-state index is 0.257. The van der Waals surface area contributed by atoms with Crippen molar-refractivity contribution < 1.29 is 28.7 Å². The molecule has 2 rings (SSSR count). The number of nitrogens with zero attached hydrogens (tertiary/aromatic N) is 1.